The van der Waals surface area contributed by atoms with Crippen LogP contribution in [0.3, 0.4) is 0 Å². The topological polar surface area (TPSA) is 222 Å². The Balaban J connectivity index is 0.000000198. The Kier molecular flexibility index (Phi) is 18.5. The first-order valence-electron chi connectivity index (χ1n) is 26.5. The van der Waals surface area contributed by atoms with Crippen molar-refractivity contribution in [3.63, 3.8) is 0 Å². The van der Waals surface area contributed by atoms with Crippen LogP contribution < -0.4 is 41.4 Å². The van der Waals surface area contributed by atoms with Gasteiger partial charge in [-0.25, -0.2) is 9.59 Å². The number of ether oxygens (including phenoxy) is 10. The van der Waals surface area contributed by atoms with Crippen molar-refractivity contribution in [1.82, 2.24) is 19.1 Å². The summed E-state index contributed by atoms with van der Waals surface area (Å²) < 4.78 is 61.9. The molecule has 0 bridgehead atoms. The molecule has 428 valence electrons. The smallest absolute Gasteiger partial charge is 0.330 e. The Morgan fingerprint density at radius 1 is 0.439 bits per heavy atom. The third-order valence-corrected chi connectivity index (χ3v) is 15.1. The zero-order valence-corrected chi connectivity index (χ0v) is 46.4. The molecule has 19 heteroatoms. The maximum absolute atomic E-state index is 12.6. The van der Waals surface area contributed by atoms with Gasteiger partial charge in [-0.2, -0.15) is 0 Å². The van der Waals surface area contributed by atoms with Crippen LogP contribution in [0.1, 0.15) is 52.8 Å². The van der Waals surface area contributed by atoms with E-state index >= 15 is 0 Å². The number of methoxy groups -OCH3 is 6. The van der Waals surface area contributed by atoms with E-state index < -0.39 is 76.7 Å². The molecule has 6 aromatic carbocycles. The van der Waals surface area contributed by atoms with Gasteiger partial charge in [0.15, 0.2) is 12.5 Å². The van der Waals surface area contributed by atoms with Gasteiger partial charge in [0.1, 0.15) is 58.6 Å². The first kappa shape index (κ1) is 58.3. The van der Waals surface area contributed by atoms with E-state index in [0.717, 1.165) is 44.9 Å². The first-order chi connectivity index (χ1) is 39.8. The average molecular weight is 1120 g/mol. The fraction of sp³-hybridized carbons (Fsp3) is 0.302. The highest BCUT2D eigenvalue weighted by Gasteiger charge is 2.49. The third kappa shape index (κ3) is 11.8. The lowest BCUT2D eigenvalue weighted by atomic mass is 9.80. The summed E-state index contributed by atoms with van der Waals surface area (Å²) in [6.45, 7) is 2.12. The van der Waals surface area contributed by atoms with Crippen LogP contribution in [-0.2, 0) is 39.6 Å². The van der Waals surface area contributed by atoms with Gasteiger partial charge in [-0.05, 0) is 81.9 Å². The highest BCUT2D eigenvalue weighted by atomic mass is 16.6. The molecule has 0 saturated carbocycles. The van der Waals surface area contributed by atoms with Crippen molar-refractivity contribution in [1.29, 1.82) is 0 Å². The monoisotopic (exact) mass is 1120 g/mol. The van der Waals surface area contributed by atoms with E-state index in [4.69, 9.17) is 47.4 Å². The molecular weight excluding hydrogens is 1050 g/mol. The molecule has 82 heavy (non-hydrogen) atoms. The van der Waals surface area contributed by atoms with Crippen molar-refractivity contribution in [3.8, 4) is 23.0 Å². The quantitative estimate of drug-likeness (QED) is 0.0658. The van der Waals surface area contributed by atoms with E-state index in [9.17, 15) is 24.3 Å². The number of nitrogens with one attached hydrogen (secondary N) is 2. The summed E-state index contributed by atoms with van der Waals surface area (Å²) in [5.41, 5.74) is 0.824. The van der Waals surface area contributed by atoms with Gasteiger partial charge < -0.3 is 52.5 Å². The predicted octanol–water partition coefficient (Wildman–Crippen LogP) is 6.95. The van der Waals surface area contributed by atoms with Gasteiger partial charge in [-0.15, -0.1) is 0 Å². The number of rotatable bonds is 20. The van der Waals surface area contributed by atoms with Gasteiger partial charge in [-0.3, -0.25) is 28.7 Å². The summed E-state index contributed by atoms with van der Waals surface area (Å²) in [7, 11) is 9.49. The normalized spacial score (nSPS) is 20.6. The second-order valence-electron chi connectivity index (χ2n) is 19.5. The molecule has 2 saturated heterocycles. The van der Waals surface area contributed by atoms with Crippen molar-refractivity contribution in [3.05, 3.63) is 257 Å². The average Bonchev–Trinajstić information content (AvgIpc) is 3.80. The van der Waals surface area contributed by atoms with Crippen LogP contribution in [-0.4, -0.2) is 111 Å². The van der Waals surface area contributed by atoms with Gasteiger partial charge in [0, 0.05) is 44.7 Å². The molecule has 0 spiro atoms. The number of hydrogen-bond acceptors (Lipinski definition) is 15. The zero-order valence-electron chi connectivity index (χ0n) is 46.4. The Morgan fingerprint density at radius 2 is 0.756 bits per heavy atom. The standard InChI is InChI=1S/C32H34N2O7.C31H32N2O8/c1-21-27(41-30(29(21)39-4)34-19-18-28(35)33-31(34)36)20-40-32(22-8-6-5-7-9-22,23-10-14-25(37-2)15-11-23)24-12-16-26(38-3)17-13-24;1-37-23-13-9-21(10-14-23)31(20-7-5-4-6-8-20,22-11-15-24(38-2)16-12-22)40-19-25-27(35)28(39-3)29(41-25)33-18-17-26(34)32-30(33)36/h5-19,21,27,29-30H,20H2,1-4H3,(H,33,35,36);4-18,25,27-29,35H,19H2,1-3H3,(H,32,34,36)/t21?,27-,29+,30-;25-,27?,28+,29-/m11/s1. The highest BCUT2D eigenvalue weighted by molar-refractivity contribution is 5.51. The lowest BCUT2D eigenvalue weighted by Gasteiger charge is -2.37. The third-order valence-electron chi connectivity index (χ3n) is 15.1. The number of aliphatic hydroxyl groups excluding tert-OH is 1. The van der Waals surface area contributed by atoms with Gasteiger partial charge in [0.2, 0.25) is 0 Å². The lowest BCUT2D eigenvalue weighted by Crippen LogP contribution is -2.40. The minimum Gasteiger partial charge on any atom is -0.497 e. The number of aliphatic hydroxyl groups is 1. The molecule has 2 aliphatic rings. The Hall–Kier alpha value is -8.40. The van der Waals surface area contributed by atoms with E-state index in [-0.39, 0.29) is 19.1 Å². The number of benzene rings is 6. The van der Waals surface area contributed by atoms with Gasteiger partial charge in [0.05, 0.1) is 47.8 Å². The minimum absolute atomic E-state index is 0.0669. The summed E-state index contributed by atoms with van der Waals surface area (Å²) in [6, 6.07) is 53.0. The van der Waals surface area contributed by atoms with E-state index in [1.807, 2.05) is 165 Å². The van der Waals surface area contributed by atoms with Crippen LogP contribution in [0.25, 0.3) is 0 Å². The fourth-order valence-electron chi connectivity index (χ4n) is 10.8. The Morgan fingerprint density at radius 3 is 1.09 bits per heavy atom. The summed E-state index contributed by atoms with van der Waals surface area (Å²) in [4.78, 5) is 52.9. The number of aromatic nitrogens is 4. The summed E-state index contributed by atoms with van der Waals surface area (Å²) in [6.07, 6.45) is -2.74. The molecule has 2 aromatic heterocycles. The summed E-state index contributed by atoms with van der Waals surface area (Å²) in [5, 5.41) is 11.2. The lowest BCUT2D eigenvalue weighted by molar-refractivity contribution is -0.0967. The SMILES string of the molecule is COc1ccc(C(OC[C@H]2O[C@@H](n3ccc(=O)[nH]c3=O)[C@@H](OC)C2C)(c2ccccc2)c2ccc(OC)cc2)cc1.COc1ccc(C(OC[C@H]2O[C@@H](n3ccc(=O)[nH]c3=O)[C@@H](OC)C2O)(c2ccccc2)c2ccc(OC)cc2)cc1. The first-order valence-corrected chi connectivity index (χ1v) is 26.5. The molecule has 2 fully saturated rings. The summed E-state index contributed by atoms with van der Waals surface area (Å²) in [5.74, 6) is 2.71. The van der Waals surface area contributed by atoms with Crippen molar-refractivity contribution in [2.24, 2.45) is 5.92 Å². The fourth-order valence-corrected chi connectivity index (χ4v) is 10.8. The number of H-pyrrole nitrogens is 2. The maximum atomic E-state index is 12.6. The molecule has 8 aromatic rings. The minimum atomic E-state index is -1.14. The number of aromatic amines is 2. The van der Waals surface area contributed by atoms with Crippen LogP contribution in [0.5, 0.6) is 23.0 Å². The van der Waals surface area contributed by atoms with Gasteiger partial charge in [-0.1, -0.05) is 116 Å². The van der Waals surface area contributed by atoms with E-state index in [1.54, 1.807) is 35.5 Å². The molecule has 0 aliphatic carbocycles. The largest absolute Gasteiger partial charge is 0.497 e. The van der Waals surface area contributed by atoms with Gasteiger partial charge in [0.25, 0.3) is 11.1 Å². The highest BCUT2D eigenvalue weighted by Crippen LogP contribution is 2.45. The molecule has 10 rings (SSSR count). The molecular formula is C63H66N4O15. The van der Waals surface area contributed by atoms with Crippen LogP contribution >= 0.6 is 0 Å². The molecule has 3 N–H and O–H groups in total. The van der Waals surface area contributed by atoms with E-state index in [0.29, 0.717) is 11.5 Å². The Bertz CT molecular complexity index is 3240. The maximum Gasteiger partial charge on any atom is 0.330 e. The van der Waals surface area contributed by atoms with Crippen molar-refractivity contribution < 1.29 is 52.5 Å². The second kappa shape index (κ2) is 26.0. The van der Waals surface area contributed by atoms with E-state index in [1.165, 1.54) is 40.8 Å². The predicted molar refractivity (Wildman–Crippen MR) is 304 cm³/mol. The molecule has 2 aliphatic heterocycles. The molecule has 19 nitrogen and oxygen atoms in total. The summed E-state index contributed by atoms with van der Waals surface area (Å²) >= 11 is 0. The molecule has 0 amide bonds. The molecule has 8 atom stereocenters. The number of hydrogen-bond donors (Lipinski definition) is 3. The molecule has 2 unspecified atom stereocenters. The van der Waals surface area contributed by atoms with Crippen molar-refractivity contribution >= 4 is 0 Å². The van der Waals surface area contributed by atoms with Crippen LogP contribution in [0.2, 0.25) is 0 Å². The van der Waals surface area contributed by atoms with Crippen molar-refractivity contribution in [2.75, 3.05) is 55.9 Å². The van der Waals surface area contributed by atoms with E-state index in [2.05, 4.69) is 9.97 Å². The van der Waals surface area contributed by atoms with Gasteiger partial charge >= 0.3 is 11.4 Å². The second-order valence-corrected chi connectivity index (χ2v) is 19.5. The van der Waals surface area contributed by atoms with Crippen LogP contribution in [0, 0.1) is 5.92 Å². The Labute approximate surface area is 473 Å². The number of nitrogens with zero attached hydrogens (tertiary/aromatic N) is 2. The van der Waals surface area contributed by atoms with Crippen LogP contribution in [0.15, 0.2) is 201 Å². The zero-order chi connectivity index (χ0) is 58.0. The van der Waals surface area contributed by atoms with Crippen LogP contribution in [0.4, 0.5) is 0 Å². The molecule has 4 heterocycles. The van der Waals surface area contributed by atoms with Crippen molar-refractivity contribution in [2.45, 2.75) is 61.1 Å². The molecule has 0 radical (unpaired) electrons.